The quantitative estimate of drug-likeness (QED) is 0.704. The highest BCUT2D eigenvalue weighted by Crippen LogP contribution is 2.26. The summed E-state index contributed by atoms with van der Waals surface area (Å²) in [5, 5.41) is 2.89. The molecule has 6 heteroatoms. The van der Waals surface area contributed by atoms with E-state index in [0.29, 0.717) is 30.3 Å². The van der Waals surface area contributed by atoms with Crippen LogP contribution in [-0.4, -0.2) is 23.3 Å². The molecule has 1 N–H and O–H groups in total. The van der Waals surface area contributed by atoms with Crippen LogP contribution in [-0.2, 0) is 16.1 Å². The molecule has 4 rings (SSSR count). The van der Waals surface area contributed by atoms with Crippen molar-refractivity contribution in [3.63, 3.8) is 0 Å². The first-order chi connectivity index (χ1) is 13.7. The maximum absolute atomic E-state index is 12.6. The van der Waals surface area contributed by atoms with Crippen molar-refractivity contribution in [3.05, 3.63) is 78.8 Å². The number of para-hydroxylation sites is 1. The highest BCUT2D eigenvalue weighted by atomic mass is 16.5. The molecule has 0 radical (unpaired) electrons. The molecule has 0 spiro atoms. The summed E-state index contributed by atoms with van der Waals surface area (Å²) >= 11 is 0. The molecule has 2 heterocycles. The van der Waals surface area contributed by atoms with Crippen molar-refractivity contribution in [1.82, 2.24) is 4.90 Å². The third kappa shape index (κ3) is 4.23. The lowest BCUT2D eigenvalue weighted by molar-refractivity contribution is -0.128. The summed E-state index contributed by atoms with van der Waals surface area (Å²) in [5.74, 6) is 1.46. The second-order valence-corrected chi connectivity index (χ2v) is 6.69. The normalized spacial score (nSPS) is 16.2. The summed E-state index contributed by atoms with van der Waals surface area (Å²) in [6, 6.07) is 20.2. The lowest BCUT2D eigenvalue weighted by atomic mass is 10.1. The van der Waals surface area contributed by atoms with Gasteiger partial charge >= 0.3 is 0 Å². The molecule has 142 valence electrons. The molecular weight excluding hydrogens is 356 g/mol. The van der Waals surface area contributed by atoms with Gasteiger partial charge in [-0.15, -0.1) is 0 Å². The number of amides is 2. The zero-order valence-corrected chi connectivity index (χ0v) is 15.2. The number of nitrogens with zero attached hydrogens (tertiary/aromatic N) is 1. The number of carbonyl (C=O) groups excluding carboxylic acids is 2. The zero-order valence-electron chi connectivity index (χ0n) is 15.2. The molecule has 1 aliphatic heterocycles. The Hall–Kier alpha value is -3.54. The molecule has 0 saturated carbocycles. The Kier molecular flexibility index (Phi) is 5.10. The van der Waals surface area contributed by atoms with Crippen LogP contribution in [0.4, 0.5) is 5.69 Å². The summed E-state index contributed by atoms with van der Waals surface area (Å²) in [4.78, 5) is 26.5. The Balaban J connectivity index is 1.37. The van der Waals surface area contributed by atoms with Crippen molar-refractivity contribution in [1.29, 1.82) is 0 Å². The van der Waals surface area contributed by atoms with Gasteiger partial charge in [0.1, 0.15) is 17.3 Å². The molecule has 1 unspecified atom stereocenters. The number of furan rings is 1. The average molecular weight is 376 g/mol. The maximum Gasteiger partial charge on any atom is 0.229 e. The van der Waals surface area contributed by atoms with Crippen LogP contribution in [0.2, 0.25) is 0 Å². The standard InChI is InChI=1S/C22H20N2O4/c25-21-12-16(14-24(21)15-20-10-5-11-27-20)22(26)23-17-6-4-9-19(13-17)28-18-7-2-1-3-8-18/h1-11,13,16H,12,14-15H2,(H,23,26). The van der Waals surface area contributed by atoms with Gasteiger partial charge in [-0.25, -0.2) is 0 Å². The minimum atomic E-state index is -0.388. The first kappa shape index (κ1) is 17.9. The van der Waals surface area contributed by atoms with Crippen molar-refractivity contribution in [2.75, 3.05) is 11.9 Å². The van der Waals surface area contributed by atoms with Crippen molar-refractivity contribution < 1.29 is 18.7 Å². The number of ether oxygens (including phenoxy) is 1. The third-order valence-corrected chi connectivity index (χ3v) is 4.59. The van der Waals surface area contributed by atoms with Gasteiger partial charge in [-0.1, -0.05) is 24.3 Å². The van der Waals surface area contributed by atoms with E-state index in [0.717, 1.165) is 5.75 Å². The van der Waals surface area contributed by atoms with E-state index in [1.165, 1.54) is 0 Å². The molecule has 0 aliphatic carbocycles. The van der Waals surface area contributed by atoms with E-state index in [4.69, 9.17) is 9.15 Å². The molecular formula is C22H20N2O4. The number of likely N-dealkylation sites (tertiary alicyclic amines) is 1. The molecule has 3 aromatic rings. The van der Waals surface area contributed by atoms with Gasteiger partial charge in [0.2, 0.25) is 11.8 Å². The van der Waals surface area contributed by atoms with Gasteiger partial charge in [-0.2, -0.15) is 0 Å². The summed E-state index contributed by atoms with van der Waals surface area (Å²) in [6.45, 7) is 0.765. The number of rotatable bonds is 6. The smallest absolute Gasteiger partial charge is 0.229 e. The molecule has 2 amide bonds. The zero-order chi connectivity index (χ0) is 19.3. The SMILES string of the molecule is O=C(Nc1cccc(Oc2ccccc2)c1)C1CC(=O)N(Cc2ccco2)C1. The Morgan fingerprint density at radius 1 is 1.07 bits per heavy atom. The fraction of sp³-hybridized carbons (Fsp3) is 0.182. The molecule has 1 aromatic heterocycles. The van der Waals surface area contributed by atoms with Crippen molar-refractivity contribution in [2.24, 2.45) is 5.92 Å². The average Bonchev–Trinajstić information content (AvgIpc) is 3.33. The Morgan fingerprint density at radius 3 is 2.68 bits per heavy atom. The molecule has 1 saturated heterocycles. The Labute approximate surface area is 162 Å². The molecule has 2 aromatic carbocycles. The first-order valence-corrected chi connectivity index (χ1v) is 9.11. The predicted octanol–water partition coefficient (Wildman–Crippen LogP) is 4.06. The minimum absolute atomic E-state index is 0.0438. The fourth-order valence-electron chi connectivity index (χ4n) is 3.20. The van der Waals surface area contributed by atoms with E-state index in [1.54, 1.807) is 29.4 Å². The van der Waals surface area contributed by atoms with Crippen LogP contribution in [0.15, 0.2) is 77.4 Å². The van der Waals surface area contributed by atoms with E-state index < -0.39 is 0 Å². The highest BCUT2D eigenvalue weighted by molar-refractivity contribution is 5.97. The predicted molar refractivity (Wildman–Crippen MR) is 104 cm³/mol. The van der Waals surface area contributed by atoms with Crippen molar-refractivity contribution >= 4 is 17.5 Å². The van der Waals surface area contributed by atoms with E-state index in [-0.39, 0.29) is 24.2 Å². The van der Waals surface area contributed by atoms with Gasteiger partial charge in [0.25, 0.3) is 0 Å². The van der Waals surface area contributed by atoms with Crippen LogP contribution in [0.1, 0.15) is 12.2 Å². The Bertz CT molecular complexity index is 954. The van der Waals surface area contributed by atoms with Crippen LogP contribution >= 0.6 is 0 Å². The van der Waals surface area contributed by atoms with E-state index >= 15 is 0 Å². The molecule has 6 nitrogen and oxygen atoms in total. The van der Waals surface area contributed by atoms with Crippen LogP contribution in [0.25, 0.3) is 0 Å². The van der Waals surface area contributed by atoms with Gasteiger partial charge in [-0.3, -0.25) is 9.59 Å². The monoisotopic (exact) mass is 376 g/mol. The fourth-order valence-corrected chi connectivity index (χ4v) is 3.20. The van der Waals surface area contributed by atoms with E-state index in [1.807, 2.05) is 48.5 Å². The van der Waals surface area contributed by atoms with Gasteiger partial charge < -0.3 is 19.4 Å². The summed E-state index contributed by atoms with van der Waals surface area (Å²) in [5.41, 5.74) is 0.635. The highest BCUT2D eigenvalue weighted by Gasteiger charge is 2.34. The third-order valence-electron chi connectivity index (χ3n) is 4.59. The maximum atomic E-state index is 12.6. The van der Waals surface area contributed by atoms with Crippen LogP contribution in [0, 0.1) is 5.92 Å². The van der Waals surface area contributed by atoms with Crippen molar-refractivity contribution in [2.45, 2.75) is 13.0 Å². The molecule has 0 bridgehead atoms. The molecule has 1 atom stereocenters. The minimum Gasteiger partial charge on any atom is -0.467 e. The topological polar surface area (TPSA) is 71.8 Å². The molecule has 1 aliphatic rings. The first-order valence-electron chi connectivity index (χ1n) is 9.11. The lowest BCUT2D eigenvalue weighted by Crippen LogP contribution is -2.27. The number of benzene rings is 2. The summed E-state index contributed by atoms with van der Waals surface area (Å²) in [7, 11) is 0. The largest absolute Gasteiger partial charge is 0.467 e. The van der Waals surface area contributed by atoms with Gasteiger partial charge in [0.15, 0.2) is 0 Å². The lowest BCUT2D eigenvalue weighted by Gasteiger charge is -2.15. The number of nitrogens with one attached hydrogen (secondary N) is 1. The number of carbonyl (C=O) groups is 2. The molecule has 28 heavy (non-hydrogen) atoms. The summed E-state index contributed by atoms with van der Waals surface area (Å²) < 4.78 is 11.1. The van der Waals surface area contributed by atoms with Crippen LogP contribution in [0.5, 0.6) is 11.5 Å². The van der Waals surface area contributed by atoms with Gasteiger partial charge in [-0.05, 0) is 36.4 Å². The van der Waals surface area contributed by atoms with Crippen LogP contribution in [0.3, 0.4) is 0 Å². The summed E-state index contributed by atoms with van der Waals surface area (Å²) in [6.07, 6.45) is 1.78. The number of hydrogen-bond donors (Lipinski definition) is 1. The van der Waals surface area contributed by atoms with Crippen molar-refractivity contribution in [3.8, 4) is 11.5 Å². The van der Waals surface area contributed by atoms with Gasteiger partial charge in [0.05, 0.1) is 18.7 Å². The second kappa shape index (κ2) is 8.00. The van der Waals surface area contributed by atoms with E-state index in [9.17, 15) is 9.59 Å². The number of hydrogen-bond acceptors (Lipinski definition) is 4. The van der Waals surface area contributed by atoms with E-state index in [2.05, 4.69) is 5.32 Å². The Morgan fingerprint density at radius 2 is 1.89 bits per heavy atom. The number of anilines is 1. The molecule has 1 fully saturated rings. The van der Waals surface area contributed by atoms with Crippen LogP contribution < -0.4 is 10.1 Å². The second-order valence-electron chi connectivity index (χ2n) is 6.69. The van der Waals surface area contributed by atoms with Gasteiger partial charge in [0, 0.05) is 24.7 Å².